The van der Waals surface area contributed by atoms with E-state index in [1.54, 1.807) is 24.3 Å². The van der Waals surface area contributed by atoms with Crippen LogP contribution in [-0.4, -0.2) is 37.0 Å². The number of esters is 1. The first-order valence-corrected chi connectivity index (χ1v) is 5.66. The molecule has 0 radical (unpaired) electrons. The molecular weight excluding hydrogens is 236 g/mol. The highest BCUT2D eigenvalue weighted by Gasteiger charge is 2.32. The van der Waals surface area contributed by atoms with Gasteiger partial charge in [0.25, 0.3) is 0 Å². The second-order valence-electron chi connectivity index (χ2n) is 3.96. The van der Waals surface area contributed by atoms with Crippen LogP contribution in [0.2, 0.25) is 0 Å². The van der Waals surface area contributed by atoms with Crippen molar-refractivity contribution in [2.75, 3.05) is 20.3 Å². The van der Waals surface area contributed by atoms with Crippen LogP contribution >= 0.6 is 0 Å². The van der Waals surface area contributed by atoms with Gasteiger partial charge >= 0.3 is 5.97 Å². The number of ether oxygens (including phenoxy) is 3. The Balaban J connectivity index is 2.55. The summed E-state index contributed by atoms with van der Waals surface area (Å²) in [5.74, 6) is 0.556. The zero-order valence-corrected chi connectivity index (χ0v) is 10.8. The Labute approximate surface area is 106 Å². The fourth-order valence-corrected chi connectivity index (χ4v) is 1.30. The Hall–Kier alpha value is -1.75. The van der Waals surface area contributed by atoms with Gasteiger partial charge in [-0.1, -0.05) is 0 Å². The zero-order chi connectivity index (χ0) is 13.6. The van der Waals surface area contributed by atoms with Gasteiger partial charge in [-0.15, -0.1) is 0 Å². The van der Waals surface area contributed by atoms with Gasteiger partial charge in [0.05, 0.1) is 13.7 Å². The van der Waals surface area contributed by atoms with E-state index in [4.69, 9.17) is 9.47 Å². The van der Waals surface area contributed by atoms with Crippen LogP contribution in [0.3, 0.4) is 0 Å². The summed E-state index contributed by atoms with van der Waals surface area (Å²) in [5, 5.41) is 9.76. The van der Waals surface area contributed by atoms with Gasteiger partial charge in [0.1, 0.15) is 18.1 Å². The standard InChI is InChI=1S/C13H18O5/c1-4-17-10-5-7-11(8-6-10)18-9-13(2,15)12(14)16-3/h5-8,15H,4,9H2,1-3H3. The second-order valence-corrected chi connectivity index (χ2v) is 3.96. The molecule has 0 heterocycles. The molecule has 1 aromatic carbocycles. The van der Waals surface area contributed by atoms with Crippen LogP contribution in [0.1, 0.15) is 13.8 Å². The molecule has 0 aromatic heterocycles. The molecule has 0 fully saturated rings. The van der Waals surface area contributed by atoms with Gasteiger partial charge in [-0.3, -0.25) is 0 Å². The fourth-order valence-electron chi connectivity index (χ4n) is 1.30. The van der Waals surface area contributed by atoms with E-state index in [-0.39, 0.29) is 6.61 Å². The Bertz CT molecular complexity index is 383. The van der Waals surface area contributed by atoms with E-state index in [0.717, 1.165) is 5.75 Å². The Morgan fingerprint density at radius 3 is 2.17 bits per heavy atom. The van der Waals surface area contributed by atoms with E-state index in [9.17, 15) is 9.90 Å². The Morgan fingerprint density at radius 2 is 1.72 bits per heavy atom. The minimum atomic E-state index is -1.66. The summed E-state index contributed by atoms with van der Waals surface area (Å²) in [6.45, 7) is 3.66. The number of methoxy groups -OCH3 is 1. The first kappa shape index (κ1) is 14.3. The summed E-state index contributed by atoms with van der Waals surface area (Å²) in [4.78, 5) is 11.2. The van der Waals surface area contributed by atoms with E-state index in [2.05, 4.69) is 4.74 Å². The van der Waals surface area contributed by atoms with Gasteiger partial charge in [0.15, 0.2) is 5.60 Å². The molecular formula is C13H18O5. The van der Waals surface area contributed by atoms with Crippen LogP contribution in [0.4, 0.5) is 0 Å². The van der Waals surface area contributed by atoms with Crippen LogP contribution in [0, 0.1) is 0 Å². The van der Waals surface area contributed by atoms with Crippen LogP contribution in [-0.2, 0) is 9.53 Å². The molecule has 1 unspecified atom stereocenters. The van der Waals surface area contributed by atoms with E-state index in [1.165, 1.54) is 14.0 Å². The summed E-state index contributed by atoms with van der Waals surface area (Å²) < 4.78 is 15.1. The highest BCUT2D eigenvalue weighted by atomic mass is 16.6. The average molecular weight is 254 g/mol. The first-order chi connectivity index (χ1) is 8.49. The highest BCUT2D eigenvalue weighted by molar-refractivity contribution is 5.78. The number of carbonyl (C=O) groups excluding carboxylic acids is 1. The van der Waals surface area contributed by atoms with Crippen LogP contribution in [0.15, 0.2) is 24.3 Å². The molecule has 0 bridgehead atoms. The molecule has 0 amide bonds. The molecule has 5 nitrogen and oxygen atoms in total. The Kier molecular flexibility index (Phi) is 4.97. The Morgan fingerprint density at radius 1 is 1.22 bits per heavy atom. The predicted octanol–water partition coefficient (Wildman–Crippen LogP) is 1.39. The summed E-state index contributed by atoms with van der Waals surface area (Å²) >= 11 is 0. The van der Waals surface area contributed by atoms with Crippen molar-refractivity contribution in [2.24, 2.45) is 0 Å². The third-order valence-corrected chi connectivity index (χ3v) is 2.28. The number of rotatable bonds is 6. The molecule has 0 aliphatic heterocycles. The van der Waals surface area contributed by atoms with Crippen molar-refractivity contribution in [1.82, 2.24) is 0 Å². The second kappa shape index (κ2) is 6.26. The van der Waals surface area contributed by atoms with Crippen molar-refractivity contribution in [2.45, 2.75) is 19.4 Å². The van der Waals surface area contributed by atoms with Crippen molar-refractivity contribution in [1.29, 1.82) is 0 Å². The van der Waals surface area contributed by atoms with Gasteiger partial charge in [0, 0.05) is 0 Å². The van der Waals surface area contributed by atoms with E-state index in [0.29, 0.717) is 12.4 Å². The quantitative estimate of drug-likeness (QED) is 0.777. The first-order valence-electron chi connectivity index (χ1n) is 5.66. The molecule has 100 valence electrons. The maximum atomic E-state index is 11.2. The van der Waals surface area contributed by atoms with Gasteiger partial charge in [-0.05, 0) is 38.1 Å². The molecule has 1 aromatic rings. The lowest BCUT2D eigenvalue weighted by atomic mass is 10.1. The van der Waals surface area contributed by atoms with Crippen LogP contribution in [0.5, 0.6) is 11.5 Å². The number of carbonyl (C=O) groups is 1. The van der Waals surface area contributed by atoms with Crippen molar-refractivity contribution in [3.8, 4) is 11.5 Å². The maximum absolute atomic E-state index is 11.2. The summed E-state index contributed by atoms with van der Waals surface area (Å²) in [6, 6.07) is 6.92. The van der Waals surface area contributed by atoms with Crippen molar-refractivity contribution in [3.63, 3.8) is 0 Å². The molecule has 0 aliphatic rings. The van der Waals surface area contributed by atoms with Gasteiger partial charge in [-0.25, -0.2) is 4.79 Å². The lowest BCUT2D eigenvalue weighted by Crippen LogP contribution is -2.42. The lowest BCUT2D eigenvalue weighted by molar-refractivity contribution is -0.163. The molecule has 1 rings (SSSR count). The monoisotopic (exact) mass is 254 g/mol. The van der Waals surface area contributed by atoms with Gasteiger partial charge < -0.3 is 19.3 Å². The van der Waals surface area contributed by atoms with E-state index < -0.39 is 11.6 Å². The molecule has 0 aliphatic carbocycles. The van der Waals surface area contributed by atoms with Crippen LogP contribution in [0.25, 0.3) is 0 Å². The molecule has 18 heavy (non-hydrogen) atoms. The lowest BCUT2D eigenvalue weighted by Gasteiger charge is -2.20. The average Bonchev–Trinajstić information content (AvgIpc) is 2.37. The number of benzene rings is 1. The van der Waals surface area contributed by atoms with E-state index >= 15 is 0 Å². The van der Waals surface area contributed by atoms with Crippen molar-refractivity contribution < 1.29 is 24.1 Å². The fraction of sp³-hybridized carbons (Fsp3) is 0.462. The summed E-state index contributed by atoms with van der Waals surface area (Å²) in [7, 11) is 1.22. The maximum Gasteiger partial charge on any atom is 0.341 e. The zero-order valence-electron chi connectivity index (χ0n) is 10.8. The molecule has 0 spiro atoms. The van der Waals surface area contributed by atoms with Crippen molar-refractivity contribution >= 4 is 5.97 Å². The third-order valence-electron chi connectivity index (χ3n) is 2.28. The number of aliphatic hydroxyl groups is 1. The predicted molar refractivity (Wildman–Crippen MR) is 65.7 cm³/mol. The van der Waals surface area contributed by atoms with Crippen LogP contribution < -0.4 is 9.47 Å². The molecule has 1 N–H and O–H groups in total. The number of hydrogen-bond donors (Lipinski definition) is 1. The van der Waals surface area contributed by atoms with Gasteiger partial charge in [0.2, 0.25) is 0 Å². The molecule has 5 heteroatoms. The smallest absolute Gasteiger partial charge is 0.341 e. The minimum absolute atomic E-state index is 0.173. The summed E-state index contributed by atoms with van der Waals surface area (Å²) in [6.07, 6.45) is 0. The SMILES string of the molecule is CCOc1ccc(OCC(C)(O)C(=O)OC)cc1. The molecule has 1 atom stereocenters. The van der Waals surface area contributed by atoms with E-state index in [1.807, 2.05) is 6.92 Å². The van der Waals surface area contributed by atoms with Crippen molar-refractivity contribution in [3.05, 3.63) is 24.3 Å². The minimum Gasteiger partial charge on any atom is -0.494 e. The number of hydrogen-bond acceptors (Lipinski definition) is 5. The summed E-state index contributed by atoms with van der Waals surface area (Å²) in [5.41, 5.74) is -1.66. The van der Waals surface area contributed by atoms with Gasteiger partial charge in [-0.2, -0.15) is 0 Å². The molecule has 0 saturated heterocycles. The highest BCUT2D eigenvalue weighted by Crippen LogP contribution is 2.19. The largest absolute Gasteiger partial charge is 0.494 e. The topological polar surface area (TPSA) is 65.0 Å². The normalized spacial score (nSPS) is 13.6. The molecule has 0 saturated carbocycles. The third kappa shape index (κ3) is 3.92.